The standard InChI is InChI=1S/C53H30N4OS/c1-2-12-31(13-3-1)51-54-52(36-22-23-39-38-18-8-10-20-46(38)58-47(39)28-36)56-53(55-51)43-29-37(30-49-50(43)40-19-9-11-21-48(40)59-49)57-44-26-34-16-6-4-14-32(34)24-41(44)42-25-33-15-5-7-17-35(33)27-45(42)57/h1-30H. The number of aromatic nitrogens is 4. The minimum atomic E-state index is 0.587. The van der Waals surface area contributed by atoms with E-state index in [2.05, 4.69) is 150 Å². The molecule has 0 atom stereocenters. The van der Waals surface area contributed by atoms with Gasteiger partial charge in [-0.05, 0) is 82.2 Å². The molecule has 6 heteroatoms. The molecule has 5 nitrogen and oxygen atoms in total. The van der Waals surface area contributed by atoms with Gasteiger partial charge in [0.25, 0.3) is 0 Å². The molecule has 0 bridgehead atoms. The Hall–Kier alpha value is -7.67. The van der Waals surface area contributed by atoms with E-state index in [-0.39, 0.29) is 0 Å². The van der Waals surface area contributed by atoms with Gasteiger partial charge in [-0.3, -0.25) is 0 Å². The summed E-state index contributed by atoms with van der Waals surface area (Å²) in [4.78, 5) is 15.8. The van der Waals surface area contributed by atoms with Crippen molar-refractivity contribution in [2.45, 2.75) is 0 Å². The second kappa shape index (κ2) is 12.4. The smallest absolute Gasteiger partial charge is 0.164 e. The molecule has 13 aromatic rings. The van der Waals surface area contributed by atoms with Crippen molar-refractivity contribution in [1.29, 1.82) is 0 Å². The van der Waals surface area contributed by atoms with E-state index in [1.807, 2.05) is 36.4 Å². The summed E-state index contributed by atoms with van der Waals surface area (Å²) in [5.41, 5.74) is 7.75. The monoisotopic (exact) mass is 770 g/mol. The SMILES string of the molecule is c1ccc(-c2nc(-c3ccc4c(c3)oc3ccccc34)nc(-c3cc(-n4c5cc6ccccc6cc5c5cc6ccccc6cc54)cc4sc5ccccc5c34)n2)cc1. The molecular formula is C53H30N4OS. The van der Waals surface area contributed by atoms with Crippen LogP contribution in [0.4, 0.5) is 0 Å². The summed E-state index contributed by atoms with van der Waals surface area (Å²) < 4.78 is 11.2. The quantitative estimate of drug-likeness (QED) is 0.179. The number of rotatable bonds is 4. The van der Waals surface area contributed by atoms with Gasteiger partial charge in [0.05, 0.1) is 11.0 Å². The van der Waals surface area contributed by atoms with E-state index >= 15 is 0 Å². The van der Waals surface area contributed by atoms with Crippen molar-refractivity contribution in [2.75, 3.05) is 0 Å². The average molecular weight is 771 g/mol. The highest BCUT2D eigenvalue weighted by molar-refractivity contribution is 7.26. The number of para-hydroxylation sites is 1. The fourth-order valence-electron chi connectivity index (χ4n) is 9.02. The normalized spacial score (nSPS) is 12.1. The summed E-state index contributed by atoms with van der Waals surface area (Å²) in [7, 11) is 0. The van der Waals surface area contributed by atoms with Crippen LogP contribution in [0.2, 0.25) is 0 Å². The largest absolute Gasteiger partial charge is 0.456 e. The molecule has 59 heavy (non-hydrogen) atoms. The fraction of sp³-hybridized carbons (Fsp3) is 0. The van der Waals surface area contributed by atoms with Crippen molar-refractivity contribution in [3.63, 3.8) is 0 Å². The Kier molecular flexibility index (Phi) is 6.82. The summed E-state index contributed by atoms with van der Waals surface area (Å²) >= 11 is 1.81. The number of furan rings is 1. The van der Waals surface area contributed by atoms with E-state index in [4.69, 9.17) is 19.4 Å². The Morgan fingerprint density at radius 1 is 0.390 bits per heavy atom. The van der Waals surface area contributed by atoms with Gasteiger partial charge in [-0.25, -0.2) is 15.0 Å². The molecule has 0 saturated heterocycles. The topological polar surface area (TPSA) is 56.7 Å². The van der Waals surface area contributed by atoms with Crippen molar-refractivity contribution in [3.05, 3.63) is 182 Å². The van der Waals surface area contributed by atoms with Crippen molar-refractivity contribution < 1.29 is 4.42 Å². The van der Waals surface area contributed by atoms with Crippen molar-refractivity contribution in [2.24, 2.45) is 0 Å². The first-order valence-corrected chi connectivity index (χ1v) is 20.6. The first-order chi connectivity index (χ1) is 29.2. The lowest BCUT2D eigenvalue weighted by Gasteiger charge is -2.14. The number of thiophene rings is 1. The first-order valence-electron chi connectivity index (χ1n) is 19.8. The number of fused-ring (bicyclic) bond motifs is 11. The van der Waals surface area contributed by atoms with Gasteiger partial charge >= 0.3 is 0 Å². The summed E-state index contributed by atoms with van der Waals surface area (Å²) in [6, 6.07) is 64.6. The number of hydrogen-bond donors (Lipinski definition) is 0. The molecule has 9 aromatic carbocycles. The van der Waals surface area contributed by atoms with Crippen molar-refractivity contribution in [3.8, 4) is 39.9 Å². The van der Waals surface area contributed by atoms with Gasteiger partial charge in [-0.2, -0.15) is 0 Å². The van der Waals surface area contributed by atoms with Crippen molar-refractivity contribution >= 4 is 96.8 Å². The van der Waals surface area contributed by atoms with Crippen LogP contribution in [0.25, 0.3) is 125 Å². The lowest BCUT2D eigenvalue weighted by atomic mass is 10.0. The highest BCUT2D eigenvalue weighted by Gasteiger charge is 2.22. The summed E-state index contributed by atoms with van der Waals surface area (Å²) in [6.07, 6.45) is 0. The average Bonchev–Trinajstić information content (AvgIpc) is 3.96. The minimum Gasteiger partial charge on any atom is -0.456 e. The van der Waals surface area contributed by atoms with Crippen molar-refractivity contribution in [1.82, 2.24) is 19.5 Å². The molecule has 0 radical (unpaired) electrons. The zero-order chi connectivity index (χ0) is 38.6. The molecule has 0 aliphatic rings. The van der Waals surface area contributed by atoms with E-state index in [0.29, 0.717) is 17.5 Å². The lowest BCUT2D eigenvalue weighted by Crippen LogP contribution is -2.01. The summed E-state index contributed by atoms with van der Waals surface area (Å²) in [6.45, 7) is 0. The number of hydrogen-bond acceptors (Lipinski definition) is 5. The maximum Gasteiger partial charge on any atom is 0.164 e. The van der Waals surface area contributed by atoms with Gasteiger partial charge in [0.1, 0.15) is 11.2 Å². The van der Waals surface area contributed by atoms with Gasteiger partial charge in [0.2, 0.25) is 0 Å². The molecule has 0 aliphatic heterocycles. The number of nitrogens with zero attached hydrogens (tertiary/aromatic N) is 4. The Labute approximate surface area is 341 Å². The molecular weight excluding hydrogens is 741 g/mol. The van der Waals surface area contributed by atoms with Gasteiger partial charge in [0.15, 0.2) is 17.5 Å². The van der Waals surface area contributed by atoms with Crippen LogP contribution in [0.5, 0.6) is 0 Å². The van der Waals surface area contributed by atoms with Crippen LogP contribution in [0.15, 0.2) is 186 Å². The van der Waals surface area contributed by atoms with Crippen LogP contribution in [0, 0.1) is 0 Å². The first kappa shape index (κ1) is 32.4. The van der Waals surface area contributed by atoms with Crippen LogP contribution < -0.4 is 0 Å². The van der Waals surface area contributed by atoms with Crippen LogP contribution in [-0.2, 0) is 0 Å². The third-order valence-electron chi connectivity index (χ3n) is 11.8. The molecule has 0 unspecified atom stereocenters. The Morgan fingerprint density at radius 3 is 1.69 bits per heavy atom. The third-order valence-corrected chi connectivity index (χ3v) is 12.9. The highest BCUT2D eigenvalue weighted by Crippen LogP contribution is 2.44. The van der Waals surface area contributed by atoms with Gasteiger partial charge in [-0.15, -0.1) is 11.3 Å². The molecule has 0 aliphatic carbocycles. The zero-order valence-corrected chi connectivity index (χ0v) is 32.2. The molecule has 274 valence electrons. The molecule has 0 saturated carbocycles. The molecule has 4 aromatic heterocycles. The second-order valence-corrected chi connectivity index (χ2v) is 16.3. The maximum absolute atomic E-state index is 6.35. The van der Waals surface area contributed by atoms with E-state index in [1.165, 1.54) is 47.1 Å². The predicted molar refractivity (Wildman–Crippen MR) is 246 cm³/mol. The van der Waals surface area contributed by atoms with E-state index in [0.717, 1.165) is 60.7 Å². The molecule has 0 fully saturated rings. The Morgan fingerprint density at radius 2 is 0.966 bits per heavy atom. The van der Waals surface area contributed by atoms with Gasteiger partial charge < -0.3 is 8.98 Å². The molecule has 0 N–H and O–H groups in total. The maximum atomic E-state index is 6.35. The van der Waals surface area contributed by atoms with Crippen LogP contribution in [0.1, 0.15) is 0 Å². The van der Waals surface area contributed by atoms with Gasteiger partial charge in [0, 0.05) is 64.1 Å². The third kappa shape index (κ3) is 5.00. The summed E-state index contributed by atoms with van der Waals surface area (Å²) in [5, 5.41) is 11.8. The highest BCUT2D eigenvalue weighted by atomic mass is 32.1. The fourth-order valence-corrected chi connectivity index (χ4v) is 10.2. The van der Waals surface area contributed by atoms with Gasteiger partial charge in [-0.1, -0.05) is 121 Å². The summed E-state index contributed by atoms with van der Waals surface area (Å²) in [5.74, 6) is 1.82. The number of benzene rings is 9. The van der Waals surface area contributed by atoms with E-state index in [1.54, 1.807) is 11.3 Å². The van der Waals surface area contributed by atoms with Crippen LogP contribution >= 0.6 is 11.3 Å². The predicted octanol–water partition coefficient (Wildman–Crippen LogP) is 14.5. The molecule has 0 amide bonds. The van der Waals surface area contributed by atoms with Crippen LogP contribution in [-0.4, -0.2) is 19.5 Å². The molecule has 0 spiro atoms. The Bertz CT molecular complexity index is 3770. The van der Waals surface area contributed by atoms with Crippen LogP contribution in [0.3, 0.4) is 0 Å². The lowest BCUT2D eigenvalue weighted by molar-refractivity contribution is 0.669. The molecule has 13 rings (SSSR count). The minimum absolute atomic E-state index is 0.587. The van der Waals surface area contributed by atoms with E-state index in [9.17, 15) is 0 Å². The van der Waals surface area contributed by atoms with E-state index < -0.39 is 0 Å². The molecule has 4 heterocycles. The zero-order valence-electron chi connectivity index (χ0n) is 31.4. The second-order valence-electron chi connectivity index (χ2n) is 15.2. The Balaban J connectivity index is 1.12.